The van der Waals surface area contributed by atoms with Crippen LogP contribution in [-0.4, -0.2) is 59.0 Å². The van der Waals surface area contributed by atoms with E-state index in [2.05, 4.69) is 10.3 Å². The molecule has 1 aliphatic rings. The predicted octanol–water partition coefficient (Wildman–Crippen LogP) is 0.199. The summed E-state index contributed by atoms with van der Waals surface area (Å²) in [6, 6.07) is 0. The van der Waals surface area contributed by atoms with Crippen molar-refractivity contribution in [1.29, 1.82) is 0 Å². The van der Waals surface area contributed by atoms with E-state index in [9.17, 15) is 18.8 Å². The first kappa shape index (κ1) is 19.6. The Kier molecular flexibility index (Phi) is 6.48. The number of nitrogens with one attached hydrogen (secondary N) is 1. The molecule has 8 nitrogen and oxygen atoms in total. The Morgan fingerprint density at radius 3 is 2.62 bits per heavy atom. The molecule has 9 heteroatoms. The van der Waals surface area contributed by atoms with Gasteiger partial charge in [0, 0.05) is 58.6 Å². The maximum absolute atomic E-state index is 14.1. The van der Waals surface area contributed by atoms with Crippen LogP contribution in [0.5, 0.6) is 0 Å². The predicted molar refractivity (Wildman–Crippen MR) is 95.4 cm³/mol. The number of carbonyl (C=O) groups is 2. The molecule has 0 saturated carbocycles. The Labute approximate surface area is 151 Å². The van der Waals surface area contributed by atoms with Gasteiger partial charge in [0.1, 0.15) is 0 Å². The van der Waals surface area contributed by atoms with Crippen molar-refractivity contribution >= 4 is 17.6 Å². The van der Waals surface area contributed by atoms with Gasteiger partial charge < -0.3 is 19.7 Å². The van der Waals surface area contributed by atoms with Crippen LogP contribution in [0.3, 0.4) is 0 Å². The van der Waals surface area contributed by atoms with Crippen molar-refractivity contribution in [3.63, 3.8) is 0 Å². The quantitative estimate of drug-likeness (QED) is 0.757. The monoisotopic (exact) mass is 365 g/mol. The average molecular weight is 365 g/mol. The minimum Gasteiger partial charge on any atom is -0.354 e. The number of carbonyl (C=O) groups excluding carboxylic acids is 2. The van der Waals surface area contributed by atoms with Crippen LogP contribution in [0.25, 0.3) is 0 Å². The van der Waals surface area contributed by atoms with Gasteiger partial charge in [0.2, 0.25) is 5.91 Å². The molecule has 1 aliphatic heterocycles. The first-order valence-electron chi connectivity index (χ1n) is 8.46. The Bertz CT molecular complexity index is 770. The summed E-state index contributed by atoms with van der Waals surface area (Å²) in [6.07, 6.45) is 3.17. The van der Waals surface area contributed by atoms with E-state index in [1.165, 1.54) is 29.5 Å². The van der Waals surface area contributed by atoms with Gasteiger partial charge >= 0.3 is 0 Å². The minimum atomic E-state index is -0.817. The van der Waals surface area contributed by atoms with Crippen molar-refractivity contribution in [2.45, 2.75) is 20.3 Å². The molecule has 0 atom stereocenters. The van der Waals surface area contributed by atoms with Crippen molar-refractivity contribution in [2.24, 2.45) is 7.05 Å². The maximum atomic E-state index is 14.1. The lowest BCUT2D eigenvalue weighted by molar-refractivity contribution is -0.129. The van der Waals surface area contributed by atoms with Gasteiger partial charge in [-0.2, -0.15) is 0 Å². The fraction of sp³-hybridized carbons (Fsp3) is 0.529. The lowest BCUT2D eigenvalue weighted by Crippen LogP contribution is -2.47. The van der Waals surface area contributed by atoms with E-state index in [-0.39, 0.29) is 42.4 Å². The van der Waals surface area contributed by atoms with Gasteiger partial charge in [-0.15, -0.1) is 0 Å². The normalized spacial score (nSPS) is 16.1. The van der Waals surface area contributed by atoms with E-state index in [0.29, 0.717) is 19.6 Å². The molecular formula is C17H24FN5O3. The van der Waals surface area contributed by atoms with Gasteiger partial charge in [-0.25, -0.2) is 9.37 Å². The van der Waals surface area contributed by atoms with E-state index >= 15 is 0 Å². The zero-order valence-corrected chi connectivity index (χ0v) is 15.3. The van der Waals surface area contributed by atoms with Crippen LogP contribution in [0.15, 0.2) is 28.6 Å². The number of hydrogen-bond acceptors (Lipinski definition) is 5. The van der Waals surface area contributed by atoms with Crippen molar-refractivity contribution in [2.75, 3.05) is 37.6 Å². The molecule has 1 aromatic heterocycles. The third-order valence-electron chi connectivity index (χ3n) is 4.16. The molecule has 26 heavy (non-hydrogen) atoms. The highest BCUT2D eigenvalue weighted by Gasteiger charge is 2.23. The van der Waals surface area contributed by atoms with Gasteiger partial charge in [-0.3, -0.25) is 14.4 Å². The van der Waals surface area contributed by atoms with Gasteiger partial charge in [0.05, 0.1) is 0 Å². The summed E-state index contributed by atoms with van der Waals surface area (Å²) in [5.74, 6) is -1.55. The molecule has 1 fully saturated rings. The first-order chi connectivity index (χ1) is 12.3. The fourth-order valence-corrected chi connectivity index (χ4v) is 2.59. The summed E-state index contributed by atoms with van der Waals surface area (Å²) in [5, 5.41) is 2.74. The third-order valence-corrected chi connectivity index (χ3v) is 4.16. The second kappa shape index (κ2) is 8.59. The van der Waals surface area contributed by atoms with Crippen molar-refractivity contribution in [3.8, 4) is 0 Å². The number of allylic oxidation sites excluding steroid dienone is 1. The zero-order chi connectivity index (χ0) is 19.3. The van der Waals surface area contributed by atoms with Crippen molar-refractivity contribution in [3.05, 3.63) is 34.1 Å². The number of amides is 2. The van der Waals surface area contributed by atoms with Gasteiger partial charge in [0.25, 0.3) is 11.5 Å². The zero-order valence-electron chi connectivity index (χ0n) is 15.3. The number of aromatic nitrogens is 2. The highest BCUT2D eigenvalue weighted by atomic mass is 19.1. The summed E-state index contributed by atoms with van der Waals surface area (Å²) in [5.41, 5.74) is 0.0104. The standard InChI is InChI=1S/C17H24FN5O3/c1-12(2)14(18)16(25)23-7-4-13(24)19-6-9-22(10-11-23)15-17(26)21(3)8-5-20-15/h5,8H,4,6-7,9-11H2,1-3H3,(H,19,24). The maximum Gasteiger partial charge on any atom is 0.293 e. The molecule has 0 radical (unpaired) electrons. The van der Waals surface area contributed by atoms with Crippen LogP contribution in [0.1, 0.15) is 20.3 Å². The Hall–Kier alpha value is -2.71. The number of anilines is 1. The largest absolute Gasteiger partial charge is 0.354 e. The minimum absolute atomic E-state index is 0.104. The summed E-state index contributed by atoms with van der Waals surface area (Å²) < 4.78 is 15.5. The molecule has 142 valence electrons. The number of rotatable bonds is 2. The van der Waals surface area contributed by atoms with Crippen LogP contribution in [0.4, 0.5) is 10.2 Å². The first-order valence-corrected chi connectivity index (χ1v) is 8.46. The number of nitrogens with zero attached hydrogens (tertiary/aromatic N) is 4. The van der Waals surface area contributed by atoms with E-state index in [1.54, 1.807) is 18.1 Å². The topological polar surface area (TPSA) is 87.5 Å². The fourth-order valence-electron chi connectivity index (χ4n) is 2.59. The highest BCUT2D eigenvalue weighted by molar-refractivity contribution is 5.92. The second-order valence-corrected chi connectivity index (χ2v) is 6.36. The highest BCUT2D eigenvalue weighted by Crippen LogP contribution is 2.12. The van der Waals surface area contributed by atoms with E-state index in [4.69, 9.17) is 0 Å². The van der Waals surface area contributed by atoms with E-state index in [1.807, 2.05) is 0 Å². The number of aryl methyl sites for hydroxylation is 1. The lowest BCUT2D eigenvalue weighted by atomic mass is 10.2. The molecule has 1 aromatic rings. The molecule has 0 spiro atoms. The molecular weight excluding hydrogens is 341 g/mol. The van der Waals surface area contributed by atoms with Gasteiger partial charge in [0.15, 0.2) is 11.6 Å². The van der Waals surface area contributed by atoms with Gasteiger partial charge in [-0.05, 0) is 19.4 Å². The summed E-state index contributed by atoms with van der Waals surface area (Å²) in [7, 11) is 1.62. The third kappa shape index (κ3) is 4.68. The van der Waals surface area contributed by atoms with Crippen LogP contribution >= 0.6 is 0 Å². The van der Waals surface area contributed by atoms with E-state index < -0.39 is 11.7 Å². The van der Waals surface area contributed by atoms with Crippen LogP contribution < -0.4 is 15.8 Å². The van der Waals surface area contributed by atoms with Crippen LogP contribution in [0, 0.1) is 0 Å². The SMILES string of the molecule is CC(C)=C(F)C(=O)N1CCC(=O)NCCN(c2nccn(C)c2=O)CC1. The number of halogens is 1. The summed E-state index contributed by atoms with van der Waals surface area (Å²) >= 11 is 0. The summed E-state index contributed by atoms with van der Waals surface area (Å²) in [6.45, 7) is 4.37. The lowest BCUT2D eigenvalue weighted by Gasteiger charge is -2.29. The van der Waals surface area contributed by atoms with Crippen molar-refractivity contribution < 1.29 is 14.0 Å². The Morgan fingerprint density at radius 2 is 1.92 bits per heavy atom. The molecule has 2 heterocycles. The Morgan fingerprint density at radius 1 is 1.19 bits per heavy atom. The van der Waals surface area contributed by atoms with Crippen LogP contribution in [0.2, 0.25) is 0 Å². The van der Waals surface area contributed by atoms with Gasteiger partial charge in [-0.1, -0.05) is 0 Å². The summed E-state index contributed by atoms with van der Waals surface area (Å²) in [4.78, 5) is 43.7. The molecule has 1 N–H and O–H groups in total. The van der Waals surface area contributed by atoms with Crippen LogP contribution in [-0.2, 0) is 16.6 Å². The van der Waals surface area contributed by atoms with Crippen molar-refractivity contribution in [1.82, 2.24) is 19.8 Å². The number of hydrogen-bond donors (Lipinski definition) is 1. The smallest absolute Gasteiger partial charge is 0.293 e. The molecule has 0 aliphatic carbocycles. The average Bonchev–Trinajstić information content (AvgIpc) is 2.61. The second-order valence-electron chi connectivity index (χ2n) is 6.36. The molecule has 1 saturated heterocycles. The molecule has 2 rings (SSSR count). The molecule has 0 unspecified atom stereocenters. The molecule has 2 amide bonds. The molecule has 0 aromatic carbocycles. The van der Waals surface area contributed by atoms with E-state index in [0.717, 1.165) is 0 Å². The molecule has 0 bridgehead atoms. The Balaban J connectivity index is 2.27.